The van der Waals surface area contributed by atoms with Crippen LogP contribution in [-0.4, -0.2) is 4.98 Å². The van der Waals surface area contributed by atoms with Gasteiger partial charge < -0.3 is 5.73 Å². The van der Waals surface area contributed by atoms with Crippen LogP contribution in [0.15, 0.2) is 42.5 Å². The predicted octanol–water partition coefficient (Wildman–Crippen LogP) is 3.28. The Morgan fingerprint density at radius 1 is 0.875 bits per heavy atom. The average molecular weight is 208 g/mol. The molecule has 0 spiro atoms. The Hall–Kier alpha value is -2.09. The normalized spacial score (nSPS) is 11.1. The first-order valence-electron chi connectivity index (χ1n) is 5.29. The molecule has 78 valence electrons. The van der Waals surface area contributed by atoms with E-state index in [4.69, 9.17) is 5.73 Å². The molecule has 0 fully saturated rings. The summed E-state index contributed by atoms with van der Waals surface area (Å²) in [5.74, 6) is 0. The molecular formula is C14H12N2. The van der Waals surface area contributed by atoms with Gasteiger partial charge in [0, 0.05) is 16.5 Å². The number of aromatic nitrogens is 1. The number of nitrogen functional groups attached to an aromatic ring is 1. The first kappa shape index (κ1) is 9.16. The maximum absolute atomic E-state index is 5.77. The summed E-state index contributed by atoms with van der Waals surface area (Å²) in [5.41, 5.74) is 9.82. The van der Waals surface area contributed by atoms with Gasteiger partial charge in [0.05, 0.1) is 11.0 Å². The third kappa shape index (κ3) is 1.39. The third-order valence-electron chi connectivity index (χ3n) is 2.79. The van der Waals surface area contributed by atoms with Crippen molar-refractivity contribution < 1.29 is 0 Å². The smallest absolute Gasteiger partial charge is 0.0711 e. The van der Waals surface area contributed by atoms with Gasteiger partial charge in [0.15, 0.2) is 0 Å². The zero-order valence-electron chi connectivity index (χ0n) is 9.07. The molecular weight excluding hydrogens is 196 g/mol. The molecule has 0 aliphatic carbocycles. The van der Waals surface area contributed by atoms with Gasteiger partial charge in [0.1, 0.15) is 0 Å². The van der Waals surface area contributed by atoms with Crippen LogP contribution in [0.2, 0.25) is 0 Å². The van der Waals surface area contributed by atoms with Crippen LogP contribution >= 0.6 is 0 Å². The highest BCUT2D eigenvalue weighted by molar-refractivity contribution is 5.94. The standard InChI is InChI=1S/C14H12N2/c1-9-2-4-13-10(6-9)7-11-8-12(15)3-5-14(11)16-13/h2-8H,15H2,1H3. The van der Waals surface area contributed by atoms with Crippen LogP contribution in [0.25, 0.3) is 21.8 Å². The highest BCUT2D eigenvalue weighted by atomic mass is 14.7. The Morgan fingerprint density at radius 2 is 1.56 bits per heavy atom. The zero-order valence-corrected chi connectivity index (χ0v) is 9.07. The molecule has 0 aliphatic heterocycles. The van der Waals surface area contributed by atoms with Crippen LogP contribution in [0, 0.1) is 6.92 Å². The number of pyridine rings is 1. The van der Waals surface area contributed by atoms with Gasteiger partial charge in [-0.2, -0.15) is 0 Å². The molecule has 3 aromatic rings. The van der Waals surface area contributed by atoms with Gasteiger partial charge in [-0.25, -0.2) is 4.98 Å². The topological polar surface area (TPSA) is 38.9 Å². The van der Waals surface area contributed by atoms with Gasteiger partial charge in [-0.15, -0.1) is 0 Å². The van der Waals surface area contributed by atoms with Crippen LogP contribution in [0.3, 0.4) is 0 Å². The molecule has 0 bridgehead atoms. The van der Waals surface area contributed by atoms with E-state index >= 15 is 0 Å². The number of hydrogen-bond acceptors (Lipinski definition) is 2. The Labute approximate surface area is 93.7 Å². The van der Waals surface area contributed by atoms with Gasteiger partial charge in [0.25, 0.3) is 0 Å². The van der Waals surface area contributed by atoms with Gasteiger partial charge in [-0.05, 0) is 43.3 Å². The molecule has 2 heteroatoms. The number of nitrogens with two attached hydrogens (primary N) is 1. The summed E-state index contributed by atoms with van der Waals surface area (Å²) in [7, 11) is 0. The van der Waals surface area contributed by atoms with E-state index in [0.29, 0.717) is 0 Å². The number of nitrogens with zero attached hydrogens (tertiary/aromatic N) is 1. The van der Waals surface area contributed by atoms with Gasteiger partial charge in [-0.3, -0.25) is 0 Å². The predicted molar refractivity (Wildman–Crippen MR) is 68.4 cm³/mol. The minimum absolute atomic E-state index is 0.779. The number of rotatable bonds is 0. The van der Waals surface area contributed by atoms with E-state index in [0.717, 1.165) is 27.5 Å². The van der Waals surface area contributed by atoms with Crippen molar-refractivity contribution in [1.29, 1.82) is 0 Å². The van der Waals surface area contributed by atoms with Crippen LogP contribution in [-0.2, 0) is 0 Å². The molecule has 3 rings (SSSR count). The van der Waals surface area contributed by atoms with Gasteiger partial charge >= 0.3 is 0 Å². The molecule has 0 aliphatic rings. The van der Waals surface area contributed by atoms with Crippen molar-refractivity contribution in [1.82, 2.24) is 4.98 Å². The summed E-state index contributed by atoms with van der Waals surface area (Å²) in [4.78, 5) is 4.60. The zero-order chi connectivity index (χ0) is 11.1. The number of benzene rings is 2. The highest BCUT2D eigenvalue weighted by Gasteiger charge is 2.00. The Bertz CT molecular complexity index is 630. The maximum atomic E-state index is 5.77. The molecule has 0 amide bonds. The first-order chi connectivity index (χ1) is 7.72. The fourth-order valence-corrected chi connectivity index (χ4v) is 1.98. The second kappa shape index (κ2) is 3.20. The fourth-order valence-electron chi connectivity index (χ4n) is 1.98. The molecule has 1 heterocycles. The summed E-state index contributed by atoms with van der Waals surface area (Å²) in [5, 5.41) is 2.26. The molecule has 16 heavy (non-hydrogen) atoms. The van der Waals surface area contributed by atoms with E-state index in [9.17, 15) is 0 Å². The lowest BCUT2D eigenvalue weighted by molar-refractivity contribution is 1.45. The summed E-state index contributed by atoms with van der Waals surface area (Å²) < 4.78 is 0. The van der Waals surface area contributed by atoms with Crippen molar-refractivity contribution in [2.24, 2.45) is 0 Å². The van der Waals surface area contributed by atoms with E-state index in [1.165, 1.54) is 5.56 Å². The lowest BCUT2D eigenvalue weighted by Gasteiger charge is -2.03. The van der Waals surface area contributed by atoms with E-state index in [2.05, 4.69) is 36.2 Å². The number of fused-ring (bicyclic) bond motifs is 2. The first-order valence-corrected chi connectivity index (χ1v) is 5.29. The lowest BCUT2D eigenvalue weighted by atomic mass is 10.1. The Balaban J connectivity index is 2.44. The van der Waals surface area contributed by atoms with E-state index < -0.39 is 0 Å². The SMILES string of the molecule is Cc1ccc2nc3ccc(N)cc3cc2c1. The van der Waals surface area contributed by atoms with Crippen molar-refractivity contribution in [2.75, 3.05) is 5.73 Å². The van der Waals surface area contributed by atoms with E-state index in [1.807, 2.05) is 18.2 Å². The largest absolute Gasteiger partial charge is 0.399 e. The Morgan fingerprint density at radius 3 is 2.38 bits per heavy atom. The van der Waals surface area contributed by atoms with Crippen LogP contribution < -0.4 is 5.73 Å². The van der Waals surface area contributed by atoms with E-state index in [1.54, 1.807) is 0 Å². The second-order valence-corrected chi connectivity index (χ2v) is 4.14. The molecule has 0 saturated carbocycles. The van der Waals surface area contributed by atoms with Gasteiger partial charge in [0.2, 0.25) is 0 Å². The van der Waals surface area contributed by atoms with Crippen LogP contribution in [0.5, 0.6) is 0 Å². The number of hydrogen-bond donors (Lipinski definition) is 1. The van der Waals surface area contributed by atoms with Crippen molar-refractivity contribution in [3.8, 4) is 0 Å². The second-order valence-electron chi connectivity index (χ2n) is 4.14. The average Bonchev–Trinajstić information content (AvgIpc) is 2.26. The molecule has 0 atom stereocenters. The number of aryl methyl sites for hydroxylation is 1. The minimum atomic E-state index is 0.779. The molecule has 2 N–H and O–H groups in total. The lowest BCUT2D eigenvalue weighted by Crippen LogP contribution is -1.87. The molecule has 2 nitrogen and oxygen atoms in total. The van der Waals surface area contributed by atoms with Crippen molar-refractivity contribution in [3.05, 3.63) is 48.0 Å². The third-order valence-corrected chi connectivity index (χ3v) is 2.79. The molecule has 0 unspecified atom stereocenters. The monoisotopic (exact) mass is 208 g/mol. The van der Waals surface area contributed by atoms with Crippen LogP contribution in [0.4, 0.5) is 5.69 Å². The molecule has 0 radical (unpaired) electrons. The summed E-state index contributed by atoms with van der Waals surface area (Å²) in [6.07, 6.45) is 0. The minimum Gasteiger partial charge on any atom is -0.399 e. The summed E-state index contributed by atoms with van der Waals surface area (Å²) in [6, 6.07) is 14.2. The van der Waals surface area contributed by atoms with Crippen LogP contribution in [0.1, 0.15) is 5.56 Å². The fraction of sp³-hybridized carbons (Fsp3) is 0.0714. The van der Waals surface area contributed by atoms with Crippen molar-refractivity contribution >= 4 is 27.5 Å². The summed E-state index contributed by atoms with van der Waals surface area (Å²) in [6.45, 7) is 2.09. The maximum Gasteiger partial charge on any atom is 0.0711 e. The highest BCUT2D eigenvalue weighted by Crippen LogP contribution is 2.22. The molecule has 0 saturated heterocycles. The molecule has 1 aromatic heterocycles. The van der Waals surface area contributed by atoms with Crippen molar-refractivity contribution in [2.45, 2.75) is 6.92 Å². The quantitative estimate of drug-likeness (QED) is 0.455. The molecule has 2 aromatic carbocycles. The van der Waals surface area contributed by atoms with Crippen molar-refractivity contribution in [3.63, 3.8) is 0 Å². The number of anilines is 1. The summed E-state index contributed by atoms with van der Waals surface area (Å²) >= 11 is 0. The van der Waals surface area contributed by atoms with E-state index in [-0.39, 0.29) is 0 Å². The Kier molecular flexibility index (Phi) is 1.83. The van der Waals surface area contributed by atoms with Gasteiger partial charge in [-0.1, -0.05) is 11.6 Å².